The molecule has 1 unspecified atom stereocenters. The van der Waals surface area contributed by atoms with Crippen LogP contribution in [0, 0.1) is 11.8 Å². The van der Waals surface area contributed by atoms with Crippen LogP contribution in [-0.4, -0.2) is 64.5 Å². The molecule has 0 radical (unpaired) electrons. The van der Waals surface area contributed by atoms with Gasteiger partial charge in [0.05, 0.1) is 6.34 Å². The Balaban J connectivity index is 1.82. The molecule has 8 nitrogen and oxygen atoms in total. The van der Waals surface area contributed by atoms with Crippen LogP contribution in [0.25, 0.3) is 0 Å². The summed E-state index contributed by atoms with van der Waals surface area (Å²) in [7, 11) is 0. The van der Waals surface area contributed by atoms with E-state index in [9.17, 15) is 15.0 Å². The van der Waals surface area contributed by atoms with Crippen molar-refractivity contribution in [3.63, 3.8) is 0 Å². The van der Waals surface area contributed by atoms with Gasteiger partial charge in [-0.3, -0.25) is 9.79 Å². The molecule has 1 saturated carbocycles. The van der Waals surface area contributed by atoms with Crippen LogP contribution in [0.5, 0.6) is 0 Å². The minimum absolute atomic E-state index is 0.00616. The van der Waals surface area contributed by atoms with Crippen LogP contribution in [0.3, 0.4) is 0 Å². The van der Waals surface area contributed by atoms with Crippen molar-refractivity contribution in [3.8, 4) is 0 Å². The van der Waals surface area contributed by atoms with Crippen molar-refractivity contribution in [2.75, 3.05) is 13.2 Å². The summed E-state index contributed by atoms with van der Waals surface area (Å²) in [6.45, 7) is 0.0286. The van der Waals surface area contributed by atoms with Gasteiger partial charge < -0.3 is 20.8 Å². The van der Waals surface area contributed by atoms with Crippen LogP contribution in [0.4, 0.5) is 0 Å². The number of fused-ring (bicyclic) bond motifs is 1. The van der Waals surface area contributed by atoms with Crippen molar-refractivity contribution in [3.05, 3.63) is 0 Å². The Morgan fingerprint density at radius 1 is 1.37 bits per heavy atom. The van der Waals surface area contributed by atoms with Gasteiger partial charge in [0.25, 0.3) is 5.91 Å². The summed E-state index contributed by atoms with van der Waals surface area (Å²) in [5, 5.41) is 18.6. The lowest BCUT2D eigenvalue weighted by Crippen LogP contribution is -2.57. The minimum Gasteiger partial charge on any atom is -0.396 e. The lowest BCUT2D eigenvalue weighted by Gasteiger charge is -2.47. The van der Waals surface area contributed by atoms with E-state index in [4.69, 9.17) is 5.73 Å². The molecule has 1 amide bonds. The van der Waals surface area contributed by atoms with Crippen molar-refractivity contribution in [1.29, 1.82) is 0 Å². The van der Waals surface area contributed by atoms with E-state index in [1.807, 2.05) is 0 Å². The van der Waals surface area contributed by atoms with Gasteiger partial charge in [-0.1, -0.05) is 0 Å². The molecular formula is C11H15N5O3. The Morgan fingerprint density at radius 2 is 2.16 bits per heavy atom. The predicted octanol–water partition coefficient (Wildman–Crippen LogP) is -2.06. The normalized spacial score (nSPS) is 36.7. The molecule has 4 N–H and O–H groups in total. The van der Waals surface area contributed by atoms with E-state index < -0.39 is 11.9 Å². The first kappa shape index (κ1) is 12.2. The number of amidine groups is 1. The second kappa shape index (κ2) is 4.39. The van der Waals surface area contributed by atoms with Crippen molar-refractivity contribution in [2.24, 2.45) is 32.5 Å². The zero-order valence-corrected chi connectivity index (χ0v) is 10.2. The van der Waals surface area contributed by atoms with E-state index in [1.165, 1.54) is 0 Å². The number of amides is 1. The maximum Gasteiger partial charge on any atom is 0.281 e. The number of nitrogens with zero attached hydrogens (tertiary/aromatic N) is 4. The number of carbonyl (C=O) groups is 1. The van der Waals surface area contributed by atoms with E-state index in [2.05, 4.69) is 15.0 Å². The molecule has 19 heavy (non-hydrogen) atoms. The molecule has 3 aliphatic rings. The molecule has 0 aromatic carbocycles. The molecule has 8 heteroatoms. The molecule has 0 saturated heterocycles. The molecular weight excluding hydrogens is 250 g/mol. The minimum atomic E-state index is -0.709. The quantitative estimate of drug-likeness (QED) is 0.541. The fraction of sp³-hybridized carbons (Fsp3) is 0.636. The monoisotopic (exact) mass is 265 g/mol. The number of aliphatic hydroxyl groups is 2. The summed E-state index contributed by atoms with van der Waals surface area (Å²) in [5.41, 5.74) is 5.49. The number of rotatable bonds is 3. The van der Waals surface area contributed by atoms with Gasteiger partial charge in [0.15, 0.2) is 6.04 Å². The molecule has 0 bridgehead atoms. The number of hydrogen-bond donors (Lipinski definition) is 3. The lowest BCUT2D eigenvalue weighted by atomic mass is 9.69. The third kappa shape index (κ3) is 1.75. The average molecular weight is 265 g/mol. The zero-order valence-electron chi connectivity index (χ0n) is 10.2. The van der Waals surface area contributed by atoms with Crippen LogP contribution in [0.15, 0.2) is 15.0 Å². The maximum atomic E-state index is 11.7. The Kier molecular flexibility index (Phi) is 2.83. The first-order valence-corrected chi connectivity index (χ1v) is 6.15. The van der Waals surface area contributed by atoms with E-state index in [0.717, 1.165) is 6.42 Å². The highest BCUT2D eigenvalue weighted by Crippen LogP contribution is 2.39. The molecule has 2 aliphatic heterocycles. The maximum absolute atomic E-state index is 11.7. The first-order chi connectivity index (χ1) is 9.15. The summed E-state index contributed by atoms with van der Waals surface area (Å²) < 4.78 is 0. The third-order valence-corrected chi connectivity index (χ3v) is 3.98. The molecule has 3 rings (SSSR count). The number of guanidine groups is 1. The smallest absolute Gasteiger partial charge is 0.281 e. The molecule has 0 aromatic rings. The molecule has 1 fully saturated rings. The third-order valence-electron chi connectivity index (χ3n) is 3.98. The molecule has 1 aliphatic carbocycles. The van der Waals surface area contributed by atoms with E-state index in [0.29, 0.717) is 5.84 Å². The fourth-order valence-electron chi connectivity index (χ4n) is 2.85. The summed E-state index contributed by atoms with van der Waals surface area (Å²) in [5.74, 6) is 0.0175. The van der Waals surface area contributed by atoms with Crippen LogP contribution in [0.2, 0.25) is 0 Å². The van der Waals surface area contributed by atoms with Crippen molar-refractivity contribution >= 4 is 24.0 Å². The van der Waals surface area contributed by atoms with Gasteiger partial charge in [-0.25, -0.2) is 0 Å². The van der Waals surface area contributed by atoms with E-state index in [1.54, 1.807) is 11.2 Å². The summed E-state index contributed by atoms with van der Waals surface area (Å²) in [6, 6.07) is -0.715. The number of aliphatic imine (C=N–C) groups is 3. The molecule has 2 heterocycles. The topological polar surface area (TPSA) is 124 Å². The molecule has 4 atom stereocenters. The van der Waals surface area contributed by atoms with Crippen LogP contribution >= 0.6 is 0 Å². The second-order valence-corrected chi connectivity index (χ2v) is 4.94. The molecule has 0 spiro atoms. The Bertz CT molecular complexity index is 501. The van der Waals surface area contributed by atoms with Gasteiger partial charge in [0.2, 0.25) is 5.96 Å². The van der Waals surface area contributed by atoms with Crippen molar-refractivity contribution < 1.29 is 15.0 Å². The average Bonchev–Trinajstić information content (AvgIpc) is 2.73. The van der Waals surface area contributed by atoms with Crippen LogP contribution in [-0.2, 0) is 4.79 Å². The predicted molar refractivity (Wildman–Crippen MR) is 67.7 cm³/mol. The zero-order chi connectivity index (χ0) is 13.6. The van der Waals surface area contributed by atoms with Crippen molar-refractivity contribution in [2.45, 2.75) is 18.5 Å². The molecule has 102 valence electrons. The van der Waals surface area contributed by atoms with Crippen LogP contribution in [0.1, 0.15) is 6.42 Å². The fourth-order valence-corrected chi connectivity index (χ4v) is 2.85. The first-order valence-electron chi connectivity index (χ1n) is 6.15. The number of carbonyl (C=O) groups excluding carboxylic acids is 1. The number of hydrogen-bond acceptors (Lipinski definition) is 7. The van der Waals surface area contributed by atoms with Gasteiger partial charge in [0, 0.05) is 25.2 Å². The van der Waals surface area contributed by atoms with Gasteiger partial charge in [-0.15, -0.1) is 0 Å². The van der Waals surface area contributed by atoms with Gasteiger partial charge in [-0.05, 0) is 12.3 Å². The summed E-state index contributed by atoms with van der Waals surface area (Å²) in [4.78, 5) is 25.2. The highest BCUT2D eigenvalue weighted by Gasteiger charge is 2.48. The SMILES string of the molecule is NC1=NC(=O)C2N=CN([C@@H]3C[C@H](CO)[C@H]3CO)C2=N1. The lowest BCUT2D eigenvalue weighted by molar-refractivity contribution is -0.117. The van der Waals surface area contributed by atoms with Gasteiger partial charge in [-0.2, -0.15) is 9.98 Å². The Hall–Kier alpha value is -1.80. The standard InChI is InChI=1S/C11H15N5O3/c12-11-14-9-8(10(19)15-11)13-4-16(9)7-1-5(2-17)6(7)3-18/h4-8,17-18H,1-3H2,(H2,12,15,19)/t5-,6-,7-,8?/m1/s1. The van der Waals surface area contributed by atoms with Crippen molar-refractivity contribution in [1.82, 2.24) is 4.90 Å². The Morgan fingerprint density at radius 3 is 2.84 bits per heavy atom. The van der Waals surface area contributed by atoms with Crippen LogP contribution < -0.4 is 5.73 Å². The highest BCUT2D eigenvalue weighted by atomic mass is 16.3. The van der Waals surface area contributed by atoms with E-state index >= 15 is 0 Å². The number of nitrogens with two attached hydrogens (primary N) is 1. The van der Waals surface area contributed by atoms with Gasteiger partial charge in [0.1, 0.15) is 5.84 Å². The second-order valence-electron chi connectivity index (χ2n) is 4.94. The molecule has 0 aromatic heterocycles. The Labute approximate surface area is 109 Å². The highest BCUT2D eigenvalue weighted by molar-refractivity contribution is 6.21. The summed E-state index contributed by atoms with van der Waals surface area (Å²) >= 11 is 0. The van der Waals surface area contributed by atoms with Gasteiger partial charge >= 0.3 is 0 Å². The van der Waals surface area contributed by atoms with E-state index in [-0.39, 0.29) is 37.1 Å². The number of aliphatic hydroxyl groups excluding tert-OH is 2. The largest absolute Gasteiger partial charge is 0.396 e. The summed E-state index contributed by atoms with van der Waals surface area (Å²) in [6.07, 6.45) is 2.28.